The summed E-state index contributed by atoms with van der Waals surface area (Å²) in [6.45, 7) is 0.588. The van der Waals surface area contributed by atoms with Crippen LogP contribution in [0.4, 0.5) is 18.9 Å². The summed E-state index contributed by atoms with van der Waals surface area (Å²) in [4.78, 5) is 0. The molecule has 0 radical (unpaired) electrons. The molecule has 0 spiro atoms. The van der Waals surface area contributed by atoms with Crippen LogP contribution in [-0.2, 0) is 6.18 Å². The molecule has 0 amide bonds. The van der Waals surface area contributed by atoms with E-state index in [1.54, 1.807) is 0 Å². The molecular weight excluding hydrogens is 327 g/mol. The van der Waals surface area contributed by atoms with Crippen LogP contribution in [0.2, 0.25) is 0 Å². The Hall–Kier alpha value is -0.360. The van der Waals surface area contributed by atoms with E-state index in [0.717, 1.165) is 24.7 Å². The number of nitrogens with one attached hydrogen (secondary N) is 1. The number of thioether (sulfide) groups is 1. The molecule has 1 N–H and O–H groups in total. The maximum Gasteiger partial charge on any atom is 0.418 e. The molecule has 1 aliphatic rings. The molecule has 6 heteroatoms. The van der Waals surface area contributed by atoms with E-state index in [9.17, 15) is 13.2 Å². The van der Waals surface area contributed by atoms with Crippen LogP contribution in [0.15, 0.2) is 22.7 Å². The van der Waals surface area contributed by atoms with Gasteiger partial charge in [0.1, 0.15) is 0 Å². The van der Waals surface area contributed by atoms with Crippen LogP contribution < -0.4 is 5.32 Å². The number of alkyl halides is 3. The molecule has 0 saturated carbocycles. The summed E-state index contributed by atoms with van der Waals surface area (Å²) < 4.78 is 39.1. The van der Waals surface area contributed by atoms with E-state index in [1.165, 1.54) is 12.1 Å². The summed E-state index contributed by atoms with van der Waals surface area (Å²) in [6, 6.07) is 4.01. The van der Waals surface area contributed by atoms with Crippen molar-refractivity contribution < 1.29 is 13.2 Å². The van der Waals surface area contributed by atoms with Gasteiger partial charge in [0.05, 0.1) is 5.56 Å². The highest BCUT2D eigenvalue weighted by atomic mass is 79.9. The van der Waals surface area contributed by atoms with Crippen LogP contribution >= 0.6 is 27.7 Å². The standard InChI is InChI=1S/C12H13BrF3NS/c13-8-3-4-10(12(14,15)16)11(6-8)17-7-9-2-1-5-18-9/h3-4,6,9,17H,1-2,5,7H2. The van der Waals surface area contributed by atoms with Gasteiger partial charge in [0, 0.05) is 22.0 Å². The molecule has 100 valence electrons. The van der Waals surface area contributed by atoms with E-state index < -0.39 is 11.7 Å². The Morgan fingerprint density at radius 1 is 1.39 bits per heavy atom. The highest BCUT2D eigenvalue weighted by Gasteiger charge is 2.33. The Morgan fingerprint density at radius 3 is 2.78 bits per heavy atom. The summed E-state index contributed by atoms with van der Waals surface area (Å²) in [6.07, 6.45) is -2.08. The van der Waals surface area contributed by atoms with Gasteiger partial charge < -0.3 is 5.32 Å². The molecule has 1 saturated heterocycles. The average molecular weight is 340 g/mol. The zero-order valence-corrected chi connectivity index (χ0v) is 12.0. The van der Waals surface area contributed by atoms with Crippen molar-refractivity contribution in [3.8, 4) is 0 Å². The first-order valence-corrected chi connectivity index (χ1v) is 7.53. The molecule has 1 aromatic rings. The normalized spacial score (nSPS) is 20.1. The third kappa shape index (κ3) is 3.57. The van der Waals surface area contributed by atoms with Gasteiger partial charge in [-0.25, -0.2) is 0 Å². The van der Waals surface area contributed by atoms with E-state index in [2.05, 4.69) is 21.2 Å². The van der Waals surface area contributed by atoms with Crippen molar-refractivity contribution >= 4 is 33.4 Å². The van der Waals surface area contributed by atoms with Gasteiger partial charge >= 0.3 is 6.18 Å². The summed E-state index contributed by atoms with van der Waals surface area (Å²) in [5.41, 5.74) is -0.446. The van der Waals surface area contributed by atoms with Crippen LogP contribution in [0.25, 0.3) is 0 Å². The van der Waals surface area contributed by atoms with Gasteiger partial charge in [0.2, 0.25) is 0 Å². The van der Waals surface area contributed by atoms with E-state index in [1.807, 2.05) is 11.8 Å². The van der Waals surface area contributed by atoms with E-state index in [-0.39, 0.29) is 5.69 Å². The van der Waals surface area contributed by atoms with Crippen molar-refractivity contribution in [2.24, 2.45) is 0 Å². The predicted molar refractivity (Wildman–Crippen MR) is 73.1 cm³/mol. The lowest BCUT2D eigenvalue weighted by atomic mass is 10.1. The topological polar surface area (TPSA) is 12.0 Å². The number of hydrogen-bond acceptors (Lipinski definition) is 2. The van der Waals surface area contributed by atoms with Crippen LogP contribution in [-0.4, -0.2) is 17.5 Å². The maximum absolute atomic E-state index is 12.8. The number of anilines is 1. The molecule has 1 nitrogen and oxygen atoms in total. The summed E-state index contributed by atoms with van der Waals surface area (Å²) in [7, 11) is 0. The van der Waals surface area contributed by atoms with Gasteiger partial charge in [-0.05, 0) is 36.8 Å². The molecule has 1 atom stereocenters. The molecule has 0 bridgehead atoms. The first-order chi connectivity index (χ1) is 8.47. The van der Waals surface area contributed by atoms with Crippen molar-refractivity contribution in [1.82, 2.24) is 0 Å². The summed E-state index contributed by atoms with van der Waals surface area (Å²) in [5.74, 6) is 1.11. The maximum atomic E-state index is 12.8. The van der Waals surface area contributed by atoms with E-state index in [4.69, 9.17) is 0 Å². The number of rotatable bonds is 3. The van der Waals surface area contributed by atoms with Gasteiger partial charge in [-0.1, -0.05) is 15.9 Å². The molecule has 1 fully saturated rings. The lowest BCUT2D eigenvalue weighted by Gasteiger charge is -2.17. The van der Waals surface area contributed by atoms with Gasteiger partial charge in [0.25, 0.3) is 0 Å². The van der Waals surface area contributed by atoms with E-state index in [0.29, 0.717) is 16.3 Å². The SMILES string of the molecule is FC(F)(F)c1ccc(Br)cc1NCC1CCCS1. The van der Waals surface area contributed by atoms with Crippen LogP contribution in [0, 0.1) is 0 Å². The van der Waals surface area contributed by atoms with Gasteiger partial charge in [-0.3, -0.25) is 0 Å². The minimum absolute atomic E-state index is 0.157. The second-order valence-corrected chi connectivity index (χ2v) is 6.53. The minimum Gasteiger partial charge on any atom is -0.383 e. The highest BCUT2D eigenvalue weighted by Crippen LogP contribution is 2.36. The minimum atomic E-state index is -4.31. The van der Waals surface area contributed by atoms with Crippen LogP contribution in [0.3, 0.4) is 0 Å². The Balaban J connectivity index is 2.12. The zero-order chi connectivity index (χ0) is 13.2. The van der Waals surface area contributed by atoms with Crippen LogP contribution in [0.5, 0.6) is 0 Å². The quantitative estimate of drug-likeness (QED) is 0.850. The number of benzene rings is 1. The molecule has 2 rings (SSSR count). The first kappa shape index (κ1) is 14.1. The molecule has 1 aromatic carbocycles. The Bertz CT molecular complexity index is 416. The first-order valence-electron chi connectivity index (χ1n) is 5.69. The van der Waals surface area contributed by atoms with Crippen molar-refractivity contribution in [2.75, 3.05) is 17.6 Å². The zero-order valence-electron chi connectivity index (χ0n) is 9.56. The summed E-state index contributed by atoms with van der Waals surface area (Å²) >= 11 is 5.03. The lowest BCUT2D eigenvalue weighted by molar-refractivity contribution is -0.136. The van der Waals surface area contributed by atoms with Gasteiger partial charge in [-0.15, -0.1) is 0 Å². The van der Waals surface area contributed by atoms with Gasteiger partial charge in [-0.2, -0.15) is 24.9 Å². The van der Waals surface area contributed by atoms with E-state index >= 15 is 0 Å². The van der Waals surface area contributed by atoms with Crippen LogP contribution in [0.1, 0.15) is 18.4 Å². The van der Waals surface area contributed by atoms with Crippen molar-refractivity contribution in [1.29, 1.82) is 0 Å². The second-order valence-electron chi connectivity index (χ2n) is 4.20. The van der Waals surface area contributed by atoms with Gasteiger partial charge in [0.15, 0.2) is 0 Å². The molecule has 18 heavy (non-hydrogen) atoms. The third-order valence-corrected chi connectivity index (χ3v) is 4.72. The average Bonchev–Trinajstić information content (AvgIpc) is 2.77. The molecular formula is C12H13BrF3NS. The molecule has 1 unspecified atom stereocenters. The Morgan fingerprint density at radius 2 is 2.17 bits per heavy atom. The molecule has 1 heterocycles. The smallest absolute Gasteiger partial charge is 0.383 e. The fraction of sp³-hybridized carbons (Fsp3) is 0.500. The molecule has 0 aromatic heterocycles. The monoisotopic (exact) mass is 339 g/mol. The van der Waals surface area contributed by atoms with Crippen molar-refractivity contribution in [3.05, 3.63) is 28.2 Å². The number of hydrogen-bond donors (Lipinski definition) is 1. The fourth-order valence-corrected chi connectivity index (χ4v) is 3.50. The van der Waals surface area contributed by atoms with Crippen molar-refractivity contribution in [2.45, 2.75) is 24.3 Å². The predicted octanol–water partition coefficient (Wildman–Crippen LogP) is 4.78. The molecule has 0 aliphatic carbocycles. The number of halogens is 4. The largest absolute Gasteiger partial charge is 0.418 e. The van der Waals surface area contributed by atoms with Crippen molar-refractivity contribution in [3.63, 3.8) is 0 Å². The Labute approximate surface area is 117 Å². The third-order valence-electron chi connectivity index (χ3n) is 2.83. The second kappa shape index (κ2) is 5.74. The Kier molecular flexibility index (Phi) is 4.48. The molecule has 1 aliphatic heterocycles. The summed E-state index contributed by atoms with van der Waals surface area (Å²) in [5, 5.41) is 3.35. The fourth-order valence-electron chi connectivity index (χ4n) is 1.94. The lowest BCUT2D eigenvalue weighted by Crippen LogP contribution is -2.17. The highest BCUT2D eigenvalue weighted by molar-refractivity contribution is 9.10.